The fourth-order valence-corrected chi connectivity index (χ4v) is 0.774. The van der Waals surface area contributed by atoms with Crippen molar-refractivity contribution in [2.75, 3.05) is 0 Å². The van der Waals surface area contributed by atoms with Crippen molar-refractivity contribution in [3.05, 3.63) is 17.9 Å². The van der Waals surface area contributed by atoms with Crippen LogP contribution in [0.1, 0.15) is 12.7 Å². The number of carbonyl (C=O) groups excluding carboxylic acids is 1. The van der Waals surface area contributed by atoms with Crippen molar-refractivity contribution in [1.82, 2.24) is 5.48 Å². The average Bonchev–Trinajstić information content (AvgIpc) is 2.46. The largest absolute Gasteiger partial charge is 0.444 e. The third-order valence-corrected chi connectivity index (χ3v) is 1.39. The first kappa shape index (κ1) is 9.47. The molecular weight excluding hydrogens is 172 g/mol. The third kappa shape index (κ3) is 2.41. The van der Waals surface area contributed by atoms with Gasteiger partial charge < -0.3 is 4.42 Å². The van der Waals surface area contributed by atoms with Gasteiger partial charge in [-0.05, 0) is 13.0 Å². The summed E-state index contributed by atoms with van der Waals surface area (Å²) >= 11 is 0. The molecule has 13 heavy (non-hydrogen) atoms. The number of nitrogens with zero attached hydrogens (tertiary/aromatic N) is 1. The average molecular weight is 182 g/mol. The fourth-order valence-electron chi connectivity index (χ4n) is 0.774. The number of carbonyl (C=O) groups is 1. The molecule has 0 aromatic carbocycles. The van der Waals surface area contributed by atoms with E-state index in [0.717, 1.165) is 0 Å². The van der Waals surface area contributed by atoms with Crippen molar-refractivity contribution in [2.45, 2.75) is 13.8 Å². The molecule has 70 valence electrons. The van der Waals surface area contributed by atoms with Gasteiger partial charge in [0, 0.05) is 13.0 Å². The quantitative estimate of drug-likeness (QED) is 0.409. The van der Waals surface area contributed by atoms with E-state index in [0.29, 0.717) is 5.76 Å². The molecule has 0 aliphatic heterocycles. The van der Waals surface area contributed by atoms with Crippen molar-refractivity contribution >= 4 is 17.5 Å². The minimum absolute atomic E-state index is 0.144. The Labute approximate surface area is 75.0 Å². The number of ketones is 1. The first-order valence-electron chi connectivity index (χ1n) is 3.69. The van der Waals surface area contributed by atoms with Crippen LogP contribution in [0.2, 0.25) is 0 Å². The minimum Gasteiger partial charge on any atom is -0.444 e. The van der Waals surface area contributed by atoms with Crippen LogP contribution in [-0.4, -0.2) is 16.8 Å². The highest BCUT2D eigenvalue weighted by Crippen LogP contribution is 2.15. The molecule has 1 heterocycles. The number of aliphatic imine (C=N–C) groups is 1. The van der Waals surface area contributed by atoms with Gasteiger partial charge in [-0.3, -0.25) is 10.0 Å². The lowest BCUT2D eigenvalue weighted by Crippen LogP contribution is -2.25. The molecule has 0 aliphatic rings. The van der Waals surface area contributed by atoms with Crippen molar-refractivity contribution in [3.8, 4) is 0 Å². The van der Waals surface area contributed by atoms with Gasteiger partial charge in [-0.25, -0.2) is 5.48 Å². The van der Waals surface area contributed by atoms with Crippen LogP contribution in [0.25, 0.3) is 0 Å². The van der Waals surface area contributed by atoms with E-state index in [4.69, 9.17) is 9.62 Å². The second kappa shape index (κ2) is 3.86. The summed E-state index contributed by atoms with van der Waals surface area (Å²) in [5.41, 5.74) is 1.70. The summed E-state index contributed by atoms with van der Waals surface area (Å²) in [4.78, 5) is 14.5. The molecule has 5 nitrogen and oxygen atoms in total. The van der Waals surface area contributed by atoms with E-state index in [1.807, 2.05) is 0 Å². The van der Waals surface area contributed by atoms with E-state index >= 15 is 0 Å². The number of rotatable bonds is 2. The van der Waals surface area contributed by atoms with Crippen LogP contribution in [0.5, 0.6) is 0 Å². The number of amidine groups is 1. The maximum Gasteiger partial charge on any atom is 0.220 e. The summed E-state index contributed by atoms with van der Waals surface area (Å²) in [5.74, 6) is 0.467. The third-order valence-electron chi connectivity index (χ3n) is 1.39. The number of Topliss-reactive ketones (excluding diaryl/α,β-unsaturated/α-hetero) is 1. The maximum absolute atomic E-state index is 10.8. The first-order valence-corrected chi connectivity index (χ1v) is 3.69. The molecule has 5 heteroatoms. The van der Waals surface area contributed by atoms with Crippen LogP contribution in [-0.2, 0) is 4.79 Å². The van der Waals surface area contributed by atoms with Crippen LogP contribution in [0.4, 0.5) is 5.88 Å². The Morgan fingerprint density at radius 2 is 2.31 bits per heavy atom. The van der Waals surface area contributed by atoms with Gasteiger partial charge in [-0.15, -0.1) is 0 Å². The fraction of sp³-hybridized carbons (Fsp3) is 0.250. The summed E-state index contributed by atoms with van der Waals surface area (Å²) in [6, 6.07) is 3.32. The maximum atomic E-state index is 10.8. The van der Waals surface area contributed by atoms with Crippen molar-refractivity contribution < 1.29 is 14.4 Å². The Morgan fingerprint density at radius 1 is 1.62 bits per heavy atom. The first-order chi connectivity index (χ1) is 6.13. The molecule has 0 saturated heterocycles. The van der Waals surface area contributed by atoms with E-state index < -0.39 is 0 Å². The normalized spacial score (nSPS) is 11.5. The standard InChI is InChI=1S/C8H10N2O3/c1-5-3-4-7(13-5)9-8(10-12)6(2)11/h3-4,12H,1-2H3,(H,9,10). The van der Waals surface area contributed by atoms with Crippen molar-refractivity contribution in [1.29, 1.82) is 0 Å². The Morgan fingerprint density at radius 3 is 2.69 bits per heavy atom. The molecule has 0 bridgehead atoms. The molecule has 0 fully saturated rings. The summed E-state index contributed by atoms with van der Waals surface area (Å²) in [5, 5.41) is 8.52. The Balaban J connectivity index is 2.91. The second-order valence-corrected chi connectivity index (χ2v) is 2.51. The monoisotopic (exact) mass is 182 g/mol. The summed E-state index contributed by atoms with van der Waals surface area (Å²) in [6.45, 7) is 3.05. The molecule has 2 N–H and O–H groups in total. The number of hydrogen-bond acceptors (Lipinski definition) is 4. The number of hydroxylamine groups is 1. The summed E-state index contributed by atoms with van der Waals surface area (Å²) in [7, 11) is 0. The predicted molar refractivity (Wildman–Crippen MR) is 46.1 cm³/mol. The number of hydrogen-bond donors (Lipinski definition) is 2. The van der Waals surface area contributed by atoms with Crippen LogP contribution >= 0.6 is 0 Å². The zero-order valence-electron chi connectivity index (χ0n) is 7.37. The van der Waals surface area contributed by atoms with Gasteiger partial charge in [0.05, 0.1) is 0 Å². The minimum atomic E-state index is -0.364. The van der Waals surface area contributed by atoms with Gasteiger partial charge in [0.15, 0.2) is 11.6 Å². The lowest BCUT2D eigenvalue weighted by atomic mass is 10.4. The molecule has 0 unspecified atom stereocenters. The SMILES string of the molecule is CC(=O)C(=Nc1ccc(C)o1)NO. The van der Waals surface area contributed by atoms with Crippen LogP contribution in [0.3, 0.4) is 0 Å². The highest BCUT2D eigenvalue weighted by Gasteiger charge is 2.05. The Hall–Kier alpha value is -1.62. The predicted octanol–water partition coefficient (Wildman–Crippen LogP) is 1.19. The molecule has 0 amide bonds. The molecule has 1 aromatic rings. The molecule has 1 aromatic heterocycles. The van der Waals surface area contributed by atoms with E-state index in [9.17, 15) is 4.79 Å². The van der Waals surface area contributed by atoms with Gasteiger partial charge in [0.2, 0.25) is 5.88 Å². The second-order valence-electron chi connectivity index (χ2n) is 2.51. The zero-order valence-corrected chi connectivity index (χ0v) is 7.37. The molecule has 0 aliphatic carbocycles. The molecular formula is C8H10N2O3. The highest BCUT2D eigenvalue weighted by atomic mass is 16.5. The number of aryl methyl sites for hydroxylation is 1. The van der Waals surface area contributed by atoms with E-state index in [1.54, 1.807) is 24.5 Å². The molecule has 0 spiro atoms. The topological polar surface area (TPSA) is 74.8 Å². The summed E-state index contributed by atoms with van der Waals surface area (Å²) < 4.78 is 5.08. The van der Waals surface area contributed by atoms with E-state index in [-0.39, 0.29) is 17.5 Å². The van der Waals surface area contributed by atoms with Gasteiger partial charge in [0.1, 0.15) is 5.76 Å². The van der Waals surface area contributed by atoms with Gasteiger partial charge in [0.25, 0.3) is 0 Å². The summed E-state index contributed by atoms with van der Waals surface area (Å²) in [6.07, 6.45) is 0. The van der Waals surface area contributed by atoms with Crippen LogP contribution < -0.4 is 5.48 Å². The van der Waals surface area contributed by atoms with Gasteiger partial charge >= 0.3 is 0 Å². The van der Waals surface area contributed by atoms with Crippen LogP contribution in [0, 0.1) is 6.92 Å². The lowest BCUT2D eigenvalue weighted by Gasteiger charge is -1.96. The van der Waals surface area contributed by atoms with E-state index in [2.05, 4.69) is 4.99 Å². The molecule has 1 rings (SSSR count). The number of nitrogens with one attached hydrogen (secondary N) is 1. The van der Waals surface area contributed by atoms with Crippen LogP contribution in [0.15, 0.2) is 21.5 Å². The highest BCUT2D eigenvalue weighted by molar-refractivity contribution is 6.37. The lowest BCUT2D eigenvalue weighted by molar-refractivity contribution is -0.111. The van der Waals surface area contributed by atoms with Gasteiger partial charge in [-0.1, -0.05) is 0 Å². The zero-order chi connectivity index (χ0) is 9.84. The van der Waals surface area contributed by atoms with Crippen molar-refractivity contribution in [2.24, 2.45) is 4.99 Å². The Bertz CT molecular complexity index is 341. The van der Waals surface area contributed by atoms with Gasteiger partial charge in [-0.2, -0.15) is 4.99 Å². The molecule has 0 radical (unpaired) electrons. The number of furan rings is 1. The smallest absolute Gasteiger partial charge is 0.220 e. The molecule has 0 saturated carbocycles. The van der Waals surface area contributed by atoms with E-state index in [1.165, 1.54) is 6.92 Å². The Kier molecular flexibility index (Phi) is 2.81. The van der Waals surface area contributed by atoms with Crippen molar-refractivity contribution in [3.63, 3.8) is 0 Å². The molecule has 0 atom stereocenters.